The average Bonchev–Trinajstić information content (AvgIpc) is 0.728. The van der Waals surface area contributed by atoms with Gasteiger partial charge in [-0.3, -0.25) is 24.0 Å². The Kier molecular flexibility index (Phi) is 46.7. The van der Waals surface area contributed by atoms with Gasteiger partial charge >= 0.3 is 54.8 Å². The van der Waals surface area contributed by atoms with E-state index in [9.17, 15) is 130 Å². The van der Waals surface area contributed by atoms with Gasteiger partial charge in [-0.25, -0.2) is 30.0 Å². The van der Waals surface area contributed by atoms with E-state index in [4.69, 9.17) is 31.9 Å². The van der Waals surface area contributed by atoms with E-state index in [0.717, 1.165) is 33.9 Å². The van der Waals surface area contributed by atoms with E-state index in [1.165, 1.54) is 78.1 Å². The maximum Gasteiger partial charge on any atom is 0.430 e. The summed E-state index contributed by atoms with van der Waals surface area (Å²) >= 11 is 0. The van der Waals surface area contributed by atoms with Crippen LogP contribution in [-0.2, 0) is 102 Å². The summed E-state index contributed by atoms with van der Waals surface area (Å²) < 4.78 is 322. The van der Waals surface area contributed by atoms with Crippen LogP contribution in [0.15, 0.2) is 187 Å². The number of Topliss-reactive ketones (excluding diaryl/α,β-unsaturated/α-hetero) is 1. The van der Waals surface area contributed by atoms with Gasteiger partial charge in [0.25, 0.3) is 22.0 Å². The summed E-state index contributed by atoms with van der Waals surface area (Å²) in [5, 5.41) is 18.9. The van der Waals surface area contributed by atoms with Gasteiger partial charge in [-0.2, -0.15) is 65.9 Å². The molecule has 4 saturated carbocycles. The molecule has 6 unspecified atom stereocenters. The van der Waals surface area contributed by atoms with Crippen molar-refractivity contribution in [3.05, 3.63) is 174 Å². The highest BCUT2D eigenvalue weighted by Gasteiger charge is 2.79. The quantitative estimate of drug-likeness (QED) is 0.0102. The lowest BCUT2D eigenvalue weighted by Crippen LogP contribution is -2.70. The molecular weight excluding hydrogens is 2040 g/mol. The molecule has 18 nitrogen and oxygen atoms in total. The van der Waals surface area contributed by atoms with Crippen LogP contribution in [0.25, 0.3) is 0 Å². The van der Waals surface area contributed by atoms with Crippen LogP contribution < -0.4 is 4.74 Å². The second-order valence-corrected chi connectivity index (χ2v) is 49.5. The number of halogens is 19. The number of esters is 4. The van der Waals surface area contributed by atoms with Crippen LogP contribution in [-0.4, -0.2) is 157 Å². The first-order valence-corrected chi connectivity index (χ1v) is 52.6. The molecule has 146 heavy (non-hydrogen) atoms. The van der Waals surface area contributed by atoms with Crippen LogP contribution in [0.2, 0.25) is 0 Å². The van der Waals surface area contributed by atoms with Crippen LogP contribution in [0.4, 0.5) is 82.9 Å². The van der Waals surface area contributed by atoms with Gasteiger partial charge in [-0.1, -0.05) is 184 Å². The molecule has 0 aromatic heterocycles. The van der Waals surface area contributed by atoms with Gasteiger partial charge in [0.15, 0.2) is 46.7 Å². The minimum atomic E-state index is -6.06. The normalized spacial score (nSPS) is 17.7. The molecule has 0 radical (unpaired) electrons. The molecule has 0 saturated heterocycles. The second-order valence-electron chi connectivity index (χ2n) is 43.2. The SMILES string of the molecule is CC(C)(C)c1ccc([S+](c2ccc(OC(CF)C(F)(F)F)cc2)c2ccc(C(C)(C)C)cc2)cc1.CC(C)(C)c1ccc([S+](c2ccccc2)c2ccccc2)cc1.CCC(C)(C)C(=O)OC(C)(C)C(O)(C(F)(F)F)C(F)(F)F.CCC(C)(C)C(=O)OC(CC(C)C)C(F)(F)CC(F)(F)F.CCC(C)(C)C(=O)OC(CC(C)C)CC(C)(O)C(F)(F)F.O=C1C2CC3CC1CC(C(=O)OCCS(=O)(=O)[O-])(C3)C2.O=S(=O)([O-])F. The van der Waals surface area contributed by atoms with Gasteiger partial charge in [0.05, 0.1) is 59.3 Å². The largest absolute Gasteiger partial charge is 0.748 e. The highest BCUT2D eigenvalue weighted by Crippen LogP contribution is 2.60. The van der Waals surface area contributed by atoms with Gasteiger partial charge in [-0.05, 0) is 262 Å². The van der Waals surface area contributed by atoms with Crippen molar-refractivity contribution in [2.45, 2.75) is 368 Å². The molecule has 4 fully saturated rings. The van der Waals surface area contributed by atoms with E-state index in [-0.39, 0.29) is 88.2 Å². The Morgan fingerprint density at radius 2 is 0.788 bits per heavy atom. The third kappa shape index (κ3) is 40.5. The van der Waals surface area contributed by atoms with Gasteiger partial charge in [0.1, 0.15) is 37.3 Å². The van der Waals surface area contributed by atoms with Gasteiger partial charge in [0.2, 0.25) is 6.10 Å². The number of aliphatic hydroxyl groups is 2. The molecule has 4 bridgehead atoms. The highest BCUT2D eigenvalue weighted by molar-refractivity contribution is 7.97. The molecule has 0 spiro atoms. The first kappa shape index (κ1) is 132. The second kappa shape index (κ2) is 51.7. The lowest BCUT2D eigenvalue weighted by molar-refractivity contribution is -0.408. The third-order valence-corrected chi connectivity index (χ3v) is 30.2. The molecule has 0 amide bonds. The van der Waals surface area contributed by atoms with Crippen molar-refractivity contribution in [2.24, 2.45) is 51.2 Å². The smallest absolute Gasteiger partial charge is 0.430 e. The van der Waals surface area contributed by atoms with E-state index in [1.807, 2.05) is 20.8 Å². The van der Waals surface area contributed by atoms with Crippen molar-refractivity contribution in [1.29, 1.82) is 0 Å². The van der Waals surface area contributed by atoms with E-state index in [2.05, 4.69) is 201 Å². The predicted molar refractivity (Wildman–Crippen MR) is 518 cm³/mol. The molecule has 6 aromatic rings. The number of benzene rings is 6. The third-order valence-electron chi connectivity index (χ3n) is 25.1. The molecule has 10 rings (SSSR count). The number of carbonyl (C=O) groups excluding carboxylic acids is 5. The van der Waals surface area contributed by atoms with Crippen molar-refractivity contribution in [1.82, 2.24) is 0 Å². The molecule has 4 aliphatic carbocycles. The number of rotatable bonds is 31. The minimum Gasteiger partial charge on any atom is -0.748 e. The fraction of sp³-hybridized carbons (Fsp3) is 0.610. The van der Waals surface area contributed by atoms with Crippen LogP contribution in [0, 0.1) is 51.2 Å². The van der Waals surface area contributed by atoms with Crippen LogP contribution in [0.3, 0.4) is 0 Å². The van der Waals surface area contributed by atoms with Crippen molar-refractivity contribution in [2.75, 3.05) is 19.0 Å². The first-order chi connectivity index (χ1) is 65.9. The summed E-state index contributed by atoms with van der Waals surface area (Å²) in [4.78, 5) is 67.2. The lowest BCUT2D eigenvalue weighted by Gasteiger charge is -2.53. The fourth-order valence-corrected chi connectivity index (χ4v) is 19.7. The minimum absolute atomic E-state index is 0.0107. The standard InChI is InChI=1S/C29H33F4OS.C22H23S.C15H27F3O3.C14H23F5O2.C13H18O6S.C12H18F6O3.FHO3S/c1-27(2,3)20-7-13-23(14-8-20)35(24-15-9-21(10-16-24)28(4,5)6)25-17-11-22(12-18-25)34-26(19-30)29(31,32)33;1-22(2,3)18-14-16-21(17-15-18)23(19-10-6-4-7-11-19)20-12-8-5-9-13-20;1-7-13(4,5)12(19)21-11(8-10(2)3)9-14(6,20)15(16,17)18;1-6-12(4,5)11(20)21-10(7-9(2)3)13(15,16)8-14(17,18)19;14-11-9-3-8-4-10(11)7-13(5-8,6-9)12(15)19-1-2-20(16,17)18;1-6-8(2,3)7(19)21-9(4,5)10(20,11(13,14)15)12(16,17)18;1-5(2,3)4/h7-18,26H,19H2,1-6H3;4-17H,1-3H3;10-11,20H,7-9H2,1-6H3;9-10H,6-8H2,1-5H3;8-10H,1-7H2,(H,16,17,18);20H,6H2,1-5H3;(H,2,3,4)/q2*+1;;;;;/p-2. The molecule has 826 valence electrons. The summed E-state index contributed by atoms with van der Waals surface area (Å²) in [6.07, 6.45) is -30.6. The van der Waals surface area contributed by atoms with Gasteiger partial charge < -0.3 is 43.0 Å². The zero-order valence-corrected chi connectivity index (χ0v) is 90.2. The molecule has 6 aromatic carbocycles. The maximum atomic E-state index is 13.8. The summed E-state index contributed by atoms with van der Waals surface area (Å²) in [5.41, 5.74) is -10.9. The molecule has 2 N–H and O–H groups in total. The Morgan fingerprint density at radius 3 is 1.08 bits per heavy atom. The van der Waals surface area contributed by atoms with Gasteiger partial charge in [0, 0.05) is 18.3 Å². The average molecular weight is 2180 g/mol. The number of ether oxygens (including phenoxy) is 5. The molecule has 41 heteroatoms. The number of hydrogen-bond acceptors (Lipinski definition) is 18. The Bertz CT molecular complexity index is 5200. The van der Waals surface area contributed by atoms with E-state index >= 15 is 0 Å². The lowest BCUT2D eigenvalue weighted by atomic mass is 9.49. The maximum absolute atomic E-state index is 13.8. The summed E-state index contributed by atoms with van der Waals surface area (Å²) in [6.45, 7) is 40.0. The Labute approximate surface area is 852 Å². The Balaban J connectivity index is 0.000000451. The molecule has 0 aliphatic heterocycles. The zero-order chi connectivity index (χ0) is 113. The van der Waals surface area contributed by atoms with Crippen molar-refractivity contribution < 1.29 is 167 Å². The van der Waals surface area contributed by atoms with Gasteiger partial charge in [-0.15, -0.1) is 3.89 Å². The number of alkyl halides is 18. The molecule has 4 aliphatic rings. The molecule has 6 atom stereocenters. The van der Waals surface area contributed by atoms with Crippen molar-refractivity contribution in [3.8, 4) is 5.75 Å². The van der Waals surface area contributed by atoms with Crippen molar-refractivity contribution >= 4 is 72.1 Å². The predicted octanol–water partition coefficient (Wildman–Crippen LogP) is 27.3. The summed E-state index contributed by atoms with van der Waals surface area (Å²) in [6, 6.07) is 54.2. The van der Waals surface area contributed by atoms with E-state index in [1.54, 1.807) is 46.8 Å². The Morgan fingerprint density at radius 1 is 0.459 bits per heavy atom. The Hall–Kier alpha value is -8.22. The highest BCUT2D eigenvalue weighted by atomic mass is 32.3. The van der Waals surface area contributed by atoms with E-state index < -0.39 is 174 Å². The van der Waals surface area contributed by atoms with Crippen LogP contribution >= 0.6 is 0 Å². The monoisotopic (exact) mass is 2180 g/mol. The number of ketones is 1. The first-order valence-electron chi connectivity index (χ1n) is 47.3. The molecule has 0 heterocycles. The number of carbonyl (C=O) groups is 5. The topological polar surface area (TPSA) is 286 Å². The zero-order valence-electron chi connectivity index (χ0n) is 87.0. The fourth-order valence-electron chi connectivity index (χ4n) is 15.3. The molecular formula is C105H141F19O18S4. The van der Waals surface area contributed by atoms with E-state index in [0.29, 0.717) is 52.4 Å². The summed E-state index contributed by atoms with van der Waals surface area (Å²) in [7, 11) is -10.3. The van der Waals surface area contributed by atoms with Crippen LogP contribution in [0.1, 0.15) is 267 Å². The van der Waals surface area contributed by atoms with Crippen LogP contribution in [0.5, 0.6) is 5.75 Å². The summed E-state index contributed by atoms with van der Waals surface area (Å²) in [5.74, 6) is -7.61. The number of hydrogen-bond donors (Lipinski definition) is 2. The van der Waals surface area contributed by atoms with Crippen molar-refractivity contribution in [3.63, 3.8) is 0 Å².